The van der Waals surface area contributed by atoms with Gasteiger partial charge in [0.2, 0.25) is 0 Å². The van der Waals surface area contributed by atoms with Gasteiger partial charge in [-0.1, -0.05) is 48.5 Å². The van der Waals surface area contributed by atoms with Crippen molar-refractivity contribution in [3.63, 3.8) is 0 Å². The molecule has 1 aliphatic heterocycles. The molecular formula is C19H18N2S. The maximum absolute atomic E-state index is 4.84. The van der Waals surface area contributed by atoms with Crippen molar-refractivity contribution in [1.29, 1.82) is 0 Å². The predicted octanol–water partition coefficient (Wildman–Crippen LogP) is 5.15. The summed E-state index contributed by atoms with van der Waals surface area (Å²) in [5.74, 6) is 2.07. The fourth-order valence-corrected chi connectivity index (χ4v) is 4.08. The minimum atomic E-state index is 0.279. The van der Waals surface area contributed by atoms with Crippen LogP contribution in [0.5, 0.6) is 0 Å². The monoisotopic (exact) mass is 306 g/mol. The van der Waals surface area contributed by atoms with Crippen LogP contribution in [-0.2, 0) is 11.5 Å². The van der Waals surface area contributed by atoms with Crippen molar-refractivity contribution in [2.45, 2.75) is 24.5 Å². The summed E-state index contributed by atoms with van der Waals surface area (Å²) < 4.78 is 0. The fourth-order valence-electron chi connectivity index (χ4n) is 3.03. The molecule has 3 aromatic rings. The van der Waals surface area contributed by atoms with Gasteiger partial charge in [0.05, 0.1) is 11.2 Å². The van der Waals surface area contributed by atoms with Gasteiger partial charge in [0.25, 0.3) is 0 Å². The first-order chi connectivity index (χ1) is 10.8. The van der Waals surface area contributed by atoms with E-state index in [1.165, 1.54) is 27.9 Å². The Morgan fingerprint density at radius 3 is 2.64 bits per heavy atom. The summed E-state index contributed by atoms with van der Waals surface area (Å²) in [6.45, 7) is 2.22. The maximum atomic E-state index is 4.84. The van der Waals surface area contributed by atoms with Crippen LogP contribution in [0.4, 0.5) is 5.69 Å². The molecule has 2 aromatic carbocycles. The number of hydrogen-bond acceptors (Lipinski definition) is 3. The molecule has 0 spiro atoms. The number of nitrogens with one attached hydrogen (secondary N) is 1. The van der Waals surface area contributed by atoms with Crippen molar-refractivity contribution in [2.24, 2.45) is 0 Å². The summed E-state index contributed by atoms with van der Waals surface area (Å²) in [5, 5.41) is 4.98. The lowest BCUT2D eigenvalue weighted by molar-refractivity contribution is 0.883. The van der Waals surface area contributed by atoms with Crippen molar-refractivity contribution in [3.05, 3.63) is 71.4 Å². The van der Waals surface area contributed by atoms with E-state index in [0.717, 1.165) is 17.0 Å². The Bertz CT molecular complexity index is 814. The van der Waals surface area contributed by atoms with Gasteiger partial charge in [0.1, 0.15) is 0 Å². The van der Waals surface area contributed by atoms with Gasteiger partial charge in [0, 0.05) is 34.2 Å². The second-order valence-corrected chi connectivity index (χ2v) is 6.68. The van der Waals surface area contributed by atoms with Gasteiger partial charge < -0.3 is 5.32 Å². The molecule has 1 atom stereocenters. The molecule has 1 N–H and O–H groups in total. The highest BCUT2D eigenvalue weighted by Gasteiger charge is 2.21. The first-order valence-corrected chi connectivity index (χ1v) is 8.78. The van der Waals surface area contributed by atoms with Crippen LogP contribution in [0.2, 0.25) is 0 Å². The predicted molar refractivity (Wildman–Crippen MR) is 95.2 cm³/mol. The molecule has 0 saturated carbocycles. The maximum Gasteiger partial charge on any atom is 0.0726 e. The molecular weight excluding hydrogens is 288 g/mol. The Hall–Kier alpha value is -2.00. The minimum Gasteiger partial charge on any atom is -0.378 e. The summed E-state index contributed by atoms with van der Waals surface area (Å²) in [6.07, 6.45) is 0. The van der Waals surface area contributed by atoms with Crippen LogP contribution in [0.15, 0.2) is 54.6 Å². The summed E-state index contributed by atoms with van der Waals surface area (Å²) in [7, 11) is 0. The first kappa shape index (κ1) is 13.6. The first-order valence-electron chi connectivity index (χ1n) is 7.62. The molecule has 0 aliphatic carbocycles. The van der Waals surface area contributed by atoms with Gasteiger partial charge in [-0.25, -0.2) is 0 Å². The van der Waals surface area contributed by atoms with E-state index in [1.807, 2.05) is 11.8 Å². The van der Waals surface area contributed by atoms with Gasteiger partial charge >= 0.3 is 0 Å². The highest BCUT2D eigenvalue weighted by molar-refractivity contribution is 7.98. The Morgan fingerprint density at radius 1 is 1.00 bits per heavy atom. The van der Waals surface area contributed by atoms with E-state index in [2.05, 4.69) is 66.8 Å². The van der Waals surface area contributed by atoms with E-state index in [9.17, 15) is 0 Å². The van der Waals surface area contributed by atoms with Gasteiger partial charge in [-0.2, -0.15) is 11.8 Å². The number of nitrogens with zero attached hydrogens (tertiary/aromatic N) is 1. The summed E-state index contributed by atoms with van der Waals surface area (Å²) in [5.41, 5.74) is 6.29. The van der Waals surface area contributed by atoms with Crippen LogP contribution in [0.3, 0.4) is 0 Å². The van der Waals surface area contributed by atoms with Gasteiger partial charge in [-0.15, -0.1) is 0 Å². The van der Waals surface area contributed by atoms with Gasteiger partial charge in [0.15, 0.2) is 0 Å². The SMILES string of the molecule is CC(Nc1c2c(nc3ccccc13)CSC2)c1ccccc1. The average molecular weight is 306 g/mol. The third-order valence-corrected chi connectivity index (χ3v) is 5.19. The molecule has 2 nitrogen and oxygen atoms in total. The molecule has 1 unspecified atom stereocenters. The zero-order valence-electron chi connectivity index (χ0n) is 12.5. The molecule has 110 valence electrons. The molecule has 0 bridgehead atoms. The minimum absolute atomic E-state index is 0.279. The number of benzene rings is 2. The van der Waals surface area contributed by atoms with Crippen molar-refractivity contribution in [1.82, 2.24) is 4.98 Å². The molecule has 3 heteroatoms. The molecule has 0 radical (unpaired) electrons. The van der Waals surface area contributed by atoms with Crippen molar-refractivity contribution in [3.8, 4) is 0 Å². The number of para-hydroxylation sites is 1. The third kappa shape index (κ3) is 2.35. The normalized spacial score (nSPS) is 14.8. The van der Waals surface area contributed by atoms with Crippen molar-refractivity contribution >= 4 is 28.4 Å². The van der Waals surface area contributed by atoms with E-state index in [-0.39, 0.29) is 6.04 Å². The topological polar surface area (TPSA) is 24.9 Å². The molecule has 22 heavy (non-hydrogen) atoms. The van der Waals surface area contributed by atoms with Gasteiger partial charge in [-0.05, 0) is 18.6 Å². The van der Waals surface area contributed by atoms with E-state index in [1.54, 1.807) is 0 Å². The van der Waals surface area contributed by atoms with Gasteiger partial charge in [-0.3, -0.25) is 4.98 Å². The average Bonchev–Trinajstić information content (AvgIpc) is 3.03. The molecule has 0 amide bonds. The Morgan fingerprint density at radius 2 is 1.77 bits per heavy atom. The Labute approximate surface area is 135 Å². The number of anilines is 1. The highest BCUT2D eigenvalue weighted by Crippen LogP contribution is 2.39. The zero-order chi connectivity index (χ0) is 14.9. The van der Waals surface area contributed by atoms with E-state index < -0.39 is 0 Å². The number of rotatable bonds is 3. The Kier molecular flexibility index (Phi) is 3.51. The molecule has 1 aliphatic rings. The van der Waals surface area contributed by atoms with E-state index >= 15 is 0 Å². The molecule has 4 rings (SSSR count). The second-order valence-electron chi connectivity index (χ2n) is 5.70. The number of aromatic nitrogens is 1. The van der Waals surface area contributed by atoms with Crippen LogP contribution < -0.4 is 5.32 Å². The molecule has 2 heterocycles. The third-order valence-electron chi connectivity index (χ3n) is 4.22. The standard InChI is InChI=1S/C19H18N2S/c1-13(14-7-3-2-4-8-14)20-19-15-9-5-6-10-17(15)21-18-12-22-11-16(18)19/h2-10,13H,11-12H2,1H3,(H,20,21). The lowest BCUT2D eigenvalue weighted by atomic mass is 10.0. The van der Waals surface area contributed by atoms with Crippen molar-refractivity contribution in [2.75, 3.05) is 5.32 Å². The van der Waals surface area contributed by atoms with Crippen LogP contribution in [0.1, 0.15) is 29.8 Å². The number of hydrogen-bond donors (Lipinski definition) is 1. The smallest absolute Gasteiger partial charge is 0.0726 e. The quantitative estimate of drug-likeness (QED) is 0.724. The summed E-state index contributed by atoms with van der Waals surface area (Å²) in [4.78, 5) is 4.84. The largest absolute Gasteiger partial charge is 0.378 e. The van der Waals surface area contributed by atoms with Crippen LogP contribution in [0.25, 0.3) is 10.9 Å². The van der Waals surface area contributed by atoms with E-state index in [4.69, 9.17) is 4.98 Å². The highest BCUT2D eigenvalue weighted by atomic mass is 32.2. The van der Waals surface area contributed by atoms with Crippen molar-refractivity contribution < 1.29 is 0 Å². The zero-order valence-corrected chi connectivity index (χ0v) is 13.4. The molecule has 0 saturated heterocycles. The Balaban J connectivity index is 1.81. The second kappa shape index (κ2) is 5.65. The van der Waals surface area contributed by atoms with E-state index in [0.29, 0.717) is 0 Å². The summed E-state index contributed by atoms with van der Waals surface area (Å²) in [6, 6.07) is 19.3. The fraction of sp³-hybridized carbons (Fsp3) is 0.211. The lowest BCUT2D eigenvalue weighted by Crippen LogP contribution is -2.09. The molecule has 0 fully saturated rings. The van der Waals surface area contributed by atoms with Crippen LogP contribution in [0, 0.1) is 0 Å². The summed E-state index contributed by atoms with van der Waals surface area (Å²) >= 11 is 1.95. The number of pyridine rings is 1. The van der Waals surface area contributed by atoms with Crippen LogP contribution in [-0.4, -0.2) is 4.98 Å². The number of fused-ring (bicyclic) bond motifs is 2. The lowest BCUT2D eigenvalue weighted by Gasteiger charge is -2.20. The molecule has 1 aromatic heterocycles. The number of thioether (sulfide) groups is 1. The van der Waals surface area contributed by atoms with Crippen LogP contribution >= 0.6 is 11.8 Å².